The molecular weight excluding hydrogens is 206 g/mol. The lowest BCUT2D eigenvalue weighted by Crippen LogP contribution is -2.11. The summed E-state index contributed by atoms with van der Waals surface area (Å²) in [6.45, 7) is 5.16. The maximum atomic E-state index is 5.37. The zero-order chi connectivity index (χ0) is 11.3. The zero-order valence-electron chi connectivity index (χ0n) is 9.58. The first kappa shape index (κ1) is 12.4. The number of ether oxygens (including phenoxy) is 1. The Bertz CT molecular complexity index is 312. The smallest absolute Gasteiger partial charge is 0.123 e. The van der Waals surface area contributed by atoms with Gasteiger partial charge in [-0.3, -0.25) is 0 Å². The molecule has 3 heteroatoms. The van der Waals surface area contributed by atoms with Crippen LogP contribution in [0.1, 0.15) is 30.9 Å². The predicted octanol–water partition coefficient (Wildman–Crippen LogP) is 2.80. The minimum Gasteiger partial charge on any atom is -0.496 e. The first-order chi connectivity index (χ1) is 7.19. The van der Waals surface area contributed by atoms with Crippen LogP contribution in [0.2, 0.25) is 0 Å². The van der Waals surface area contributed by atoms with E-state index >= 15 is 0 Å². The summed E-state index contributed by atoms with van der Waals surface area (Å²) in [6.07, 6.45) is 0. The zero-order valence-corrected chi connectivity index (χ0v) is 10.5. The number of hydrogen-bond acceptors (Lipinski definition) is 3. The molecule has 0 amide bonds. The molecule has 0 atom stereocenters. The molecule has 1 rings (SSSR count). The van der Waals surface area contributed by atoms with E-state index in [-0.39, 0.29) is 0 Å². The highest BCUT2D eigenvalue weighted by Crippen LogP contribution is 2.24. The second-order valence-corrected chi connectivity index (χ2v) is 4.13. The molecule has 0 saturated heterocycles. The monoisotopic (exact) mass is 225 g/mol. The van der Waals surface area contributed by atoms with E-state index in [0.29, 0.717) is 11.8 Å². The third-order valence-electron chi connectivity index (χ3n) is 2.41. The van der Waals surface area contributed by atoms with E-state index in [1.807, 2.05) is 0 Å². The van der Waals surface area contributed by atoms with Crippen LogP contribution in [-0.2, 0) is 6.54 Å². The minimum absolute atomic E-state index is 0.533. The summed E-state index contributed by atoms with van der Waals surface area (Å²) in [6, 6.07) is 6.38. The van der Waals surface area contributed by atoms with Crippen molar-refractivity contribution in [3.63, 3.8) is 0 Å². The number of hydrogen-bond donors (Lipinski definition) is 2. The number of benzene rings is 1. The Hall–Kier alpha value is -0.670. The van der Waals surface area contributed by atoms with Crippen LogP contribution in [-0.4, -0.2) is 13.0 Å². The molecule has 15 heavy (non-hydrogen) atoms. The molecule has 1 aromatic rings. The molecule has 84 valence electrons. The normalized spacial score (nSPS) is 10.7. The third kappa shape index (κ3) is 3.43. The highest BCUT2D eigenvalue weighted by molar-refractivity contribution is 7.80. The van der Waals surface area contributed by atoms with Gasteiger partial charge in [0.2, 0.25) is 0 Å². The van der Waals surface area contributed by atoms with Gasteiger partial charge >= 0.3 is 0 Å². The fraction of sp³-hybridized carbons (Fsp3) is 0.500. The SMILES string of the molecule is COc1cc(C(C)C)ccc1CNCS. The molecular formula is C12H19NOS. The summed E-state index contributed by atoms with van der Waals surface area (Å²) >= 11 is 4.12. The molecule has 1 aromatic carbocycles. The van der Waals surface area contributed by atoms with Crippen LogP contribution < -0.4 is 10.1 Å². The lowest BCUT2D eigenvalue weighted by atomic mass is 10.0. The fourth-order valence-electron chi connectivity index (χ4n) is 1.46. The molecule has 0 unspecified atom stereocenters. The van der Waals surface area contributed by atoms with Gasteiger partial charge in [-0.25, -0.2) is 0 Å². The quantitative estimate of drug-likeness (QED) is 0.594. The molecule has 0 bridgehead atoms. The largest absolute Gasteiger partial charge is 0.496 e. The van der Waals surface area contributed by atoms with Gasteiger partial charge in [0.1, 0.15) is 5.75 Å². The van der Waals surface area contributed by atoms with Crippen LogP contribution >= 0.6 is 12.6 Å². The van der Waals surface area contributed by atoms with Crippen molar-refractivity contribution >= 4 is 12.6 Å². The van der Waals surface area contributed by atoms with Gasteiger partial charge in [0.15, 0.2) is 0 Å². The van der Waals surface area contributed by atoms with E-state index in [9.17, 15) is 0 Å². The first-order valence-corrected chi connectivity index (χ1v) is 5.80. The summed E-state index contributed by atoms with van der Waals surface area (Å²) < 4.78 is 5.37. The summed E-state index contributed by atoms with van der Waals surface area (Å²) in [5.41, 5.74) is 2.48. The van der Waals surface area contributed by atoms with E-state index in [0.717, 1.165) is 12.3 Å². The van der Waals surface area contributed by atoms with Gasteiger partial charge in [-0.1, -0.05) is 26.0 Å². The number of thiol groups is 1. The van der Waals surface area contributed by atoms with Crippen molar-refractivity contribution in [2.45, 2.75) is 26.3 Å². The Morgan fingerprint density at radius 2 is 2.13 bits per heavy atom. The summed E-state index contributed by atoms with van der Waals surface area (Å²) in [7, 11) is 1.71. The van der Waals surface area contributed by atoms with Gasteiger partial charge < -0.3 is 10.1 Å². The Kier molecular flexibility index (Phi) is 4.99. The summed E-state index contributed by atoms with van der Waals surface area (Å²) in [4.78, 5) is 0. The molecule has 0 aliphatic heterocycles. The summed E-state index contributed by atoms with van der Waals surface area (Å²) in [5, 5.41) is 3.17. The van der Waals surface area contributed by atoms with Crippen LogP contribution in [0.4, 0.5) is 0 Å². The topological polar surface area (TPSA) is 21.3 Å². The van der Waals surface area contributed by atoms with Crippen molar-refractivity contribution in [3.8, 4) is 5.75 Å². The summed E-state index contributed by atoms with van der Waals surface area (Å²) in [5.74, 6) is 2.16. The van der Waals surface area contributed by atoms with E-state index < -0.39 is 0 Å². The van der Waals surface area contributed by atoms with Gasteiger partial charge in [0, 0.05) is 18.0 Å². The lowest BCUT2D eigenvalue weighted by Gasteiger charge is -2.12. The van der Waals surface area contributed by atoms with E-state index in [4.69, 9.17) is 4.74 Å². The Labute approximate surface area is 97.4 Å². The molecule has 0 aromatic heterocycles. The highest BCUT2D eigenvalue weighted by atomic mass is 32.1. The van der Waals surface area contributed by atoms with E-state index in [2.05, 4.69) is 50.0 Å². The van der Waals surface area contributed by atoms with Crippen molar-refractivity contribution in [2.75, 3.05) is 13.0 Å². The molecule has 1 N–H and O–H groups in total. The number of methoxy groups -OCH3 is 1. The maximum absolute atomic E-state index is 5.37. The predicted molar refractivity (Wildman–Crippen MR) is 67.8 cm³/mol. The van der Waals surface area contributed by atoms with Gasteiger partial charge in [-0.2, -0.15) is 12.6 Å². The van der Waals surface area contributed by atoms with Crippen LogP contribution in [0.15, 0.2) is 18.2 Å². The molecule has 0 spiro atoms. The Balaban J connectivity index is 2.88. The van der Waals surface area contributed by atoms with Gasteiger partial charge in [0.05, 0.1) is 7.11 Å². The van der Waals surface area contributed by atoms with Crippen molar-refractivity contribution < 1.29 is 4.74 Å². The van der Waals surface area contributed by atoms with Gasteiger partial charge in [0.25, 0.3) is 0 Å². The number of nitrogens with one attached hydrogen (secondary N) is 1. The molecule has 0 aliphatic rings. The van der Waals surface area contributed by atoms with Crippen LogP contribution in [0.25, 0.3) is 0 Å². The van der Waals surface area contributed by atoms with Crippen molar-refractivity contribution in [2.24, 2.45) is 0 Å². The molecule has 0 fully saturated rings. The fourth-order valence-corrected chi connectivity index (χ4v) is 1.57. The maximum Gasteiger partial charge on any atom is 0.123 e. The van der Waals surface area contributed by atoms with Crippen molar-refractivity contribution in [3.05, 3.63) is 29.3 Å². The average Bonchev–Trinajstić information content (AvgIpc) is 2.25. The standard InChI is InChI=1S/C12H19NOS/c1-9(2)10-4-5-11(7-13-8-15)12(6-10)14-3/h4-6,9,13,15H,7-8H2,1-3H3. The van der Waals surface area contributed by atoms with Crippen LogP contribution in [0.5, 0.6) is 5.75 Å². The molecule has 0 radical (unpaired) electrons. The minimum atomic E-state index is 0.533. The third-order valence-corrected chi connectivity index (χ3v) is 2.63. The molecule has 0 heterocycles. The Morgan fingerprint density at radius 1 is 1.40 bits per heavy atom. The second-order valence-electron chi connectivity index (χ2n) is 3.81. The van der Waals surface area contributed by atoms with Crippen LogP contribution in [0, 0.1) is 0 Å². The van der Waals surface area contributed by atoms with Crippen LogP contribution in [0.3, 0.4) is 0 Å². The van der Waals surface area contributed by atoms with E-state index in [1.165, 1.54) is 11.1 Å². The van der Waals surface area contributed by atoms with E-state index in [1.54, 1.807) is 7.11 Å². The molecule has 0 saturated carbocycles. The van der Waals surface area contributed by atoms with Crippen molar-refractivity contribution in [1.29, 1.82) is 0 Å². The molecule has 0 aliphatic carbocycles. The second kappa shape index (κ2) is 6.03. The Morgan fingerprint density at radius 3 is 2.67 bits per heavy atom. The number of rotatable bonds is 5. The van der Waals surface area contributed by atoms with Crippen molar-refractivity contribution in [1.82, 2.24) is 5.32 Å². The average molecular weight is 225 g/mol. The molecule has 2 nitrogen and oxygen atoms in total. The highest BCUT2D eigenvalue weighted by Gasteiger charge is 2.05. The van der Waals surface area contributed by atoms with Gasteiger partial charge in [-0.05, 0) is 17.5 Å². The first-order valence-electron chi connectivity index (χ1n) is 5.17. The lowest BCUT2D eigenvalue weighted by molar-refractivity contribution is 0.407. The van der Waals surface area contributed by atoms with Gasteiger partial charge in [-0.15, -0.1) is 0 Å².